The molecule has 0 aromatic carbocycles. The number of pyridine rings is 1. The number of aromatic nitrogens is 1. The van der Waals surface area contributed by atoms with E-state index < -0.39 is 11.6 Å². The van der Waals surface area contributed by atoms with Crippen LogP contribution in [-0.2, 0) is 4.79 Å². The third-order valence-corrected chi connectivity index (χ3v) is 2.33. The van der Waals surface area contributed by atoms with Gasteiger partial charge in [-0.2, -0.15) is 5.26 Å². The maximum Gasteiger partial charge on any atom is 0.337 e. The first kappa shape index (κ1) is 13.2. The van der Waals surface area contributed by atoms with Crippen LogP contribution in [-0.4, -0.2) is 33.3 Å². The SMILES string of the molecule is CC(O)(CNc1ccc(Cl)c(C#N)n1)C(=O)O. The Balaban J connectivity index is 2.78. The average molecular weight is 256 g/mol. The fourth-order valence-electron chi connectivity index (χ4n) is 0.957. The van der Waals surface area contributed by atoms with E-state index in [1.807, 2.05) is 0 Å². The highest BCUT2D eigenvalue weighted by atomic mass is 35.5. The van der Waals surface area contributed by atoms with Crippen molar-refractivity contribution in [2.75, 3.05) is 11.9 Å². The second kappa shape index (κ2) is 4.99. The number of carboxylic acid groups (broad SMARTS) is 1. The van der Waals surface area contributed by atoms with Gasteiger partial charge in [-0.3, -0.25) is 0 Å². The Morgan fingerprint density at radius 3 is 2.88 bits per heavy atom. The summed E-state index contributed by atoms with van der Waals surface area (Å²) in [6.45, 7) is 0.922. The maximum atomic E-state index is 10.6. The van der Waals surface area contributed by atoms with Gasteiger partial charge in [-0.25, -0.2) is 9.78 Å². The van der Waals surface area contributed by atoms with Gasteiger partial charge in [0.15, 0.2) is 11.3 Å². The van der Waals surface area contributed by atoms with Crippen LogP contribution in [0.1, 0.15) is 12.6 Å². The lowest BCUT2D eigenvalue weighted by atomic mass is 10.1. The molecule has 0 aliphatic heterocycles. The highest BCUT2D eigenvalue weighted by Crippen LogP contribution is 2.16. The molecule has 0 saturated heterocycles. The molecule has 90 valence electrons. The molecule has 0 fully saturated rings. The number of hydrogen-bond acceptors (Lipinski definition) is 5. The van der Waals surface area contributed by atoms with E-state index in [1.165, 1.54) is 12.1 Å². The molecule has 1 atom stereocenters. The van der Waals surface area contributed by atoms with Crippen LogP contribution in [0.15, 0.2) is 12.1 Å². The van der Waals surface area contributed by atoms with E-state index >= 15 is 0 Å². The number of anilines is 1. The largest absolute Gasteiger partial charge is 0.479 e. The number of nitrogens with one attached hydrogen (secondary N) is 1. The zero-order valence-electron chi connectivity index (χ0n) is 8.94. The molecule has 3 N–H and O–H groups in total. The zero-order valence-corrected chi connectivity index (χ0v) is 9.69. The van der Waals surface area contributed by atoms with E-state index in [0.717, 1.165) is 6.92 Å². The summed E-state index contributed by atoms with van der Waals surface area (Å²) >= 11 is 5.68. The Morgan fingerprint density at radius 1 is 1.71 bits per heavy atom. The highest BCUT2D eigenvalue weighted by Gasteiger charge is 2.29. The van der Waals surface area contributed by atoms with Crippen molar-refractivity contribution >= 4 is 23.4 Å². The van der Waals surface area contributed by atoms with E-state index in [4.69, 9.17) is 22.0 Å². The Kier molecular flexibility index (Phi) is 3.89. The number of hydrogen-bond donors (Lipinski definition) is 3. The minimum atomic E-state index is -1.91. The second-order valence-corrected chi connectivity index (χ2v) is 3.98. The number of rotatable bonds is 4. The lowest BCUT2D eigenvalue weighted by Gasteiger charge is -2.18. The van der Waals surface area contributed by atoms with Gasteiger partial charge >= 0.3 is 5.97 Å². The first-order valence-electron chi connectivity index (χ1n) is 4.63. The molecule has 1 rings (SSSR count). The molecule has 0 bridgehead atoms. The third kappa shape index (κ3) is 3.31. The Labute approximate surface area is 102 Å². The first-order valence-corrected chi connectivity index (χ1v) is 5.01. The second-order valence-electron chi connectivity index (χ2n) is 3.57. The summed E-state index contributed by atoms with van der Waals surface area (Å²) in [5, 5.41) is 29.7. The smallest absolute Gasteiger partial charge is 0.337 e. The summed E-state index contributed by atoms with van der Waals surface area (Å²) in [4.78, 5) is 14.5. The van der Waals surface area contributed by atoms with E-state index in [-0.39, 0.29) is 23.1 Å². The molecular formula is C10H10ClN3O3. The number of carbonyl (C=O) groups is 1. The van der Waals surface area contributed by atoms with Gasteiger partial charge in [0, 0.05) is 0 Å². The fourth-order valence-corrected chi connectivity index (χ4v) is 1.10. The summed E-state index contributed by atoms with van der Waals surface area (Å²) in [7, 11) is 0. The molecule has 0 spiro atoms. The number of aliphatic hydroxyl groups is 1. The van der Waals surface area contributed by atoms with Crippen molar-refractivity contribution in [3.8, 4) is 6.07 Å². The predicted molar refractivity (Wildman–Crippen MR) is 60.7 cm³/mol. The molecule has 0 amide bonds. The van der Waals surface area contributed by atoms with Gasteiger partial charge in [-0.15, -0.1) is 0 Å². The van der Waals surface area contributed by atoms with Crippen LogP contribution in [0.4, 0.5) is 5.82 Å². The van der Waals surface area contributed by atoms with Gasteiger partial charge in [0.1, 0.15) is 11.9 Å². The monoisotopic (exact) mass is 255 g/mol. The van der Waals surface area contributed by atoms with Crippen LogP contribution in [0.2, 0.25) is 5.02 Å². The number of carboxylic acids is 1. The minimum absolute atomic E-state index is 0.0339. The fraction of sp³-hybridized carbons (Fsp3) is 0.300. The third-order valence-electron chi connectivity index (χ3n) is 2.03. The van der Waals surface area contributed by atoms with Crippen molar-refractivity contribution in [2.24, 2.45) is 0 Å². The van der Waals surface area contributed by atoms with Crippen molar-refractivity contribution in [1.82, 2.24) is 4.98 Å². The lowest BCUT2D eigenvalue weighted by molar-refractivity contribution is -0.155. The van der Waals surface area contributed by atoms with Crippen molar-refractivity contribution in [3.05, 3.63) is 22.8 Å². The van der Waals surface area contributed by atoms with Crippen LogP contribution in [0.3, 0.4) is 0 Å². The lowest BCUT2D eigenvalue weighted by Crippen LogP contribution is -2.41. The quantitative estimate of drug-likeness (QED) is 0.737. The van der Waals surface area contributed by atoms with Crippen LogP contribution < -0.4 is 5.32 Å². The molecule has 0 saturated carbocycles. The molecule has 0 radical (unpaired) electrons. The van der Waals surface area contributed by atoms with Gasteiger partial charge in [0.25, 0.3) is 0 Å². The van der Waals surface area contributed by atoms with E-state index in [0.29, 0.717) is 0 Å². The van der Waals surface area contributed by atoms with E-state index in [2.05, 4.69) is 10.3 Å². The highest BCUT2D eigenvalue weighted by molar-refractivity contribution is 6.31. The molecule has 1 aromatic rings. The van der Waals surface area contributed by atoms with Gasteiger partial charge < -0.3 is 15.5 Å². The Hall–Kier alpha value is -1.84. The van der Waals surface area contributed by atoms with Gasteiger partial charge in [0.05, 0.1) is 11.6 Å². The normalized spacial score (nSPS) is 13.5. The predicted octanol–water partition coefficient (Wildman–Crippen LogP) is 0.854. The van der Waals surface area contributed by atoms with Crippen LogP contribution in [0, 0.1) is 11.3 Å². The molecule has 0 aliphatic carbocycles. The van der Waals surface area contributed by atoms with Crippen molar-refractivity contribution in [3.63, 3.8) is 0 Å². The van der Waals surface area contributed by atoms with E-state index in [9.17, 15) is 9.90 Å². The summed E-state index contributed by atoms with van der Waals surface area (Å²) in [5.41, 5.74) is -1.87. The van der Waals surface area contributed by atoms with Crippen molar-refractivity contribution in [1.29, 1.82) is 5.26 Å². The molecule has 1 unspecified atom stereocenters. The molecular weight excluding hydrogens is 246 g/mol. The molecule has 0 aliphatic rings. The molecule has 7 heteroatoms. The van der Waals surface area contributed by atoms with Crippen LogP contribution in [0.5, 0.6) is 0 Å². The zero-order chi connectivity index (χ0) is 13.1. The summed E-state index contributed by atoms with van der Waals surface area (Å²) in [5.74, 6) is -1.08. The molecule has 1 heterocycles. The van der Waals surface area contributed by atoms with Crippen molar-refractivity contribution in [2.45, 2.75) is 12.5 Å². The topological polar surface area (TPSA) is 106 Å². The average Bonchev–Trinajstić information content (AvgIpc) is 2.28. The molecule has 6 nitrogen and oxygen atoms in total. The van der Waals surface area contributed by atoms with Gasteiger partial charge in [-0.1, -0.05) is 11.6 Å². The molecule has 17 heavy (non-hydrogen) atoms. The van der Waals surface area contributed by atoms with Gasteiger partial charge in [-0.05, 0) is 19.1 Å². The molecule has 1 aromatic heterocycles. The Morgan fingerprint density at radius 2 is 2.35 bits per heavy atom. The summed E-state index contributed by atoms with van der Waals surface area (Å²) in [6.07, 6.45) is 0. The first-order chi connectivity index (χ1) is 7.86. The number of nitriles is 1. The van der Waals surface area contributed by atoms with Crippen LogP contribution >= 0.6 is 11.6 Å². The van der Waals surface area contributed by atoms with Crippen LogP contribution in [0.25, 0.3) is 0 Å². The summed E-state index contributed by atoms with van der Waals surface area (Å²) < 4.78 is 0. The van der Waals surface area contributed by atoms with Crippen molar-refractivity contribution < 1.29 is 15.0 Å². The standard InChI is InChI=1S/C10H10ClN3O3/c1-10(17,9(15)16)5-13-8-3-2-6(11)7(4-12)14-8/h2-3,17H,5H2,1H3,(H,13,14)(H,15,16). The Bertz CT molecular complexity index is 482. The maximum absolute atomic E-state index is 10.6. The number of nitrogens with zero attached hydrogens (tertiary/aromatic N) is 2. The minimum Gasteiger partial charge on any atom is -0.479 e. The summed E-state index contributed by atoms with van der Waals surface area (Å²) in [6, 6.07) is 4.74. The van der Waals surface area contributed by atoms with E-state index in [1.54, 1.807) is 6.07 Å². The van der Waals surface area contributed by atoms with Gasteiger partial charge in [0.2, 0.25) is 0 Å². The number of halogens is 1. The number of aliphatic carboxylic acids is 1.